The largest absolute Gasteiger partial charge is 0.488 e. The van der Waals surface area contributed by atoms with Gasteiger partial charge in [0.15, 0.2) is 0 Å². The fourth-order valence-electron chi connectivity index (χ4n) is 2.54. The van der Waals surface area contributed by atoms with Gasteiger partial charge in [-0.1, -0.05) is 18.2 Å². The second kappa shape index (κ2) is 4.87. The zero-order valence-corrected chi connectivity index (χ0v) is 11.1. The van der Waals surface area contributed by atoms with Crippen molar-refractivity contribution in [3.63, 3.8) is 0 Å². The van der Waals surface area contributed by atoms with Crippen molar-refractivity contribution >= 4 is 0 Å². The number of rotatable bonds is 2. The van der Waals surface area contributed by atoms with E-state index in [1.807, 2.05) is 24.3 Å². The third kappa shape index (κ3) is 2.16. The summed E-state index contributed by atoms with van der Waals surface area (Å²) in [5, 5.41) is 0. The van der Waals surface area contributed by atoms with Crippen LogP contribution in [0.2, 0.25) is 0 Å². The summed E-state index contributed by atoms with van der Waals surface area (Å²) < 4.78 is 33.0. The Labute approximate surface area is 116 Å². The predicted molar refractivity (Wildman–Crippen MR) is 72.6 cm³/mol. The normalized spacial score (nSPS) is 18.5. The van der Waals surface area contributed by atoms with Gasteiger partial charge < -0.3 is 10.5 Å². The molecule has 1 aliphatic rings. The van der Waals surface area contributed by atoms with Crippen molar-refractivity contribution in [3.8, 4) is 5.75 Å². The maximum atomic E-state index is 13.9. The highest BCUT2D eigenvalue weighted by atomic mass is 19.1. The Morgan fingerprint density at radius 1 is 1.20 bits per heavy atom. The molecule has 1 aliphatic heterocycles. The molecule has 2 aromatic rings. The maximum absolute atomic E-state index is 13.9. The van der Waals surface area contributed by atoms with Gasteiger partial charge in [0, 0.05) is 18.1 Å². The quantitative estimate of drug-likeness (QED) is 0.913. The molecule has 2 nitrogen and oxygen atoms in total. The second-order valence-corrected chi connectivity index (χ2v) is 5.12. The van der Waals surface area contributed by atoms with Crippen LogP contribution in [-0.4, -0.2) is 6.10 Å². The Balaban J connectivity index is 1.88. The van der Waals surface area contributed by atoms with Crippen LogP contribution in [0.5, 0.6) is 5.75 Å². The Hall–Kier alpha value is -1.94. The molecule has 0 saturated carbocycles. The van der Waals surface area contributed by atoms with Gasteiger partial charge in [0.25, 0.3) is 0 Å². The van der Waals surface area contributed by atoms with Gasteiger partial charge in [-0.15, -0.1) is 0 Å². The van der Waals surface area contributed by atoms with Gasteiger partial charge in [-0.3, -0.25) is 0 Å². The van der Waals surface area contributed by atoms with E-state index < -0.39 is 17.7 Å². The van der Waals surface area contributed by atoms with Crippen molar-refractivity contribution < 1.29 is 13.5 Å². The van der Waals surface area contributed by atoms with Gasteiger partial charge in [-0.05, 0) is 30.2 Å². The van der Waals surface area contributed by atoms with Gasteiger partial charge >= 0.3 is 0 Å². The molecule has 2 unspecified atom stereocenters. The molecule has 2 atom stereocenters. The minimum atomic E-state index is -0.625. The molecule has 4 heteroatoms. The Morgan fingerprint density at radius 2 is 1.95 bits per heavy atom. The lowest BCUT2D eigenvalue weighted by atomic mass is 9.96. The van der Waals surface area contributed by atoms with Gasteiger partial charge in [-0.25, -0.2) is 8.78 Å². The molecule has 0 spiro atoms. The van der Waals surface area contributed by atoms with E-state index in [2.05, 4.69) is 0 Å². The zero-order chi connectivity index (χ0) is 14.3. The first-order valence-electron chi connectivity index (χ1n) is 6.52. The average molecular weight is 275 g/mol. The molecule has 104 valence electrons. The average Bonchev–Trinajstić information content (AvgIpc) is 2.86. The first kappa shape index (κ1) is 13.1. The summed E-state index contributed by atoms with van der Waals surface area (Å²) >= 11 is 0. The van der Waals surface area contributed by atoms with Gasteiger partial charge in [-0.2, -0.15) is 0 Å². The van der Waals surface area contributed by atoms with E-state index in [1.165, 1.54) is 6.07 Å². The molecule has 1 heterocycles. The lowest BCUT2D eigenvalue weighted by Gasteiger charge is -2.20. The number of aryl methyl sites for hydroxylation is 1. The smallest absolute Gasteiger partial charge is 0.131 e. The minimum Gasteiger partial charge on any atom is -0.488 e. The van der Waals surface area contributed by atoms with Gasteiger partial charge in [0.1, 0.15) is 23.5 Å². The van der Waals surface area contributed by atoms with E-state index in [1.54, 1.807) is 6.92 Å². The van der Waals surface area contributed by atoms with Crippen molar-refractivity contribution in [2.75, 3.05) is 0 Å². The predicted octanol–water partition coefficient (Wildman–Crippen LogP) is 3.28. The number of fused-ring (bicyclic) bond motifs is 1. The molecule has 2 N–H and O–H groups in total. The summed E-state index contributed by atoms with van der Waals surface area (Å²) in [5.41, 5.74) is 7.85. The Morgan fingerprint density at radius 3 is 2.70 bits per heavy atom. The highest BCUT2D eigenvalue weighted by Crippen LogP contribution is 2.34. The number of benzene rings is 2. The van der Waals surface area contributed by atoms with E-state index in [-0.39, 0.29) is 6.10 Å². The Bertz CT molecular complexity index is 632. The molecular weight excluding hydrogens is 260 g/mol. The number of ether oxygens (including phenoxy) is 1. The SMILES string of the molecule is Cc1cc(C(N)C2Cc3ccccc3O2)c(F)cc1F. The van der Waals surface area contributed by atoms with Gasteiger partial charge in [0.05, 0.1) is 6.04 Å². The number of para-hydroxylation sites is 1. The maximum Gasteiger partial charge on any atom is 0.131 e. The van der Waals surface area contributed by atoms with Crippen LogP contribution in [0.15, 0.2) is 36.4 Å². The number of hydrogen-bond acceptors (Lipinski definition) is 2. The summed E-state index contributed by atoms with van der Waals surface area (Å²) in [6, 6.07) is 9.37. The van der Waals surface area contributed by atoms with Crippen LogP contribution in [-0.2, 0) is 6.42 Å². The van der Waals surface area contributed by atoms with Crippen molar-refractivity contribution in [2.45, 2.75) is 25.5 Å². The van der Waals surface area contributed by atoms with Crippen LogP contribution >= 0.6 is 0 Å². The van der Waals surface area contributed by atoms with E-state index in [0.717, 1.165) is 17.4 Å². The third-order valence-corrected chi connectivity index (χ3v) is 3.71. The summed E-state index contributed by atoms with van der Waals surface area (Å²) in [6.45, 7) is 1.59. The van der Waals surface area contributed by atoms with Crippen LogP contribution in [0.1, 0.15) is 22.7 Å². The monoisotopic (exact) mass is 275 g/mol. The molecule has 2 aromatic carbocycles. The first-order valence-corrected chi connectivity index (χ1v) is 6.52. The van der Waals surface area contributed by atoms with Crippen molar-refractivity contribution in [3.05, 3.63) is 64.7 Å². The second-order valence-electron chi connectivity index (χ2n) is 5.12. The molecule has 0 bridgehead atoms. The number of hydrogen-bond donors (Lipinski definition) is 1. The highest BCUT2D eigenvalue weighted by Gasteiger charge is 2.30. The van der Waals surface area contributed by atoms with Crippen LogP contribution in [0.25, 0.3) is 0 Å². The van der Waals surface area contributed by atoms with Crippen LogP contribution < -0.4 is 10.5 Å². The molecule has 0 amide bonds. The molecular formula is C16H15F2NO. The van der Waals surface area contributed by atoms with Crippen LogP contribution in [0.3, 0.4) is 0 Å². The van der Waals surface area contributed by atoms with Crippen molar-refractivity contribution in [2.24, 2.45) is 5.73 Å². The summed E-state index contributed by atoms with van der Waals surface area (Å²) in [4.78, 5) is 0. The molecule has 0 aromatic heterocycles. The van der Waals surface area contributed by atoms with Crippen molar-refractivity contribution in [1.82, 2.24) is 0 Å². The first-order chi connectivity index (χ1) is 9.56. The fourth-order valence-corrected chi connectivity index (χ4v) is 2.54. The number of nitrogens with two attached hydrogens (primary N) is 1. The molecule has 0 saturated heterocycles. The highest BCUT2D eigenvalue weighted by molar-refractivity contribution is 5.39. The number of halogens is 2. The van der Waals surface area contributed by atoms with E-state index in [4.69, 9.17) is 10.5 Å². The van der Waals surface area contributed by atoms with E-state index in [0.29, 0.717) is 17.5 Å². The van der Waals surface area contributed by atoms with E-state index >= 15 is 0 Å². The summed E-state index contributed by atoms with van der Waals surface area (Å²) in [5.74, 6) is -0.401. The molecule has 0 fully saturated rings. The van der Waals surface area contributed by atoms with Crippen LogP contribution in [0.4, 0.5) is 8.78 Å². The summed E-state index contributed by atoms with van der Waals surface area (Å²) in [6.07, 6.45) is 0.305. The third-order valence-electron chi connectivity index (χ3n) is 3.71. The Kier molecular flexibility index (Phi) is 3.18. The topological polar surface area (TPSA) is 35.2 Å². The molecule has 3 rings (SSSR count). The molecule has 0 aliphatic carbocycles. The van der Waals surface area contributed by atoms with Crippen LogP contribution in [0, 0.1) is 18.6 Å². The molecule has 20 heavy (non-hydrogen) atoms. The fraction of sp³-hybridized carbons (Fsp3) is 0.250. The van der Waals surface area contributed by atoms with E-state index in [9.17, 15) is 8.78 Å². The van der Waals surface area contributed by atoms with Gasteiger partial charge in [0.2, 0.25) is 0 Å². The zero-order valence-electron chi connectivity index (χ0n) is 11.1. The minimum absolute atomic E-state index is 0.293. The van der Waals surface area contributed by atoms with Crippen molar-refractivity contribution in [1.29, 1.82) is 0 Å². The summed E-state index contributed by atoms with van der Waals surface area (Å²) in [7, 11) is 0. The lowest BCUT2D eigenvalue weighted by Crippen LogP contribution is -2.31. The standard InChI is InChI=1S/C16H15F2NO/c1-9-6-11(13(18)8-12(9)17)16(19)15-7-10-4-2-3-5-14(10)20-15/h2-6,8,15-16H,7,19H2,1H3. The lowest BCUT2D eigenvalue weighted by molar-refractivity contribution is 0.197. The molecule has 0 radical (unpaired) electrons.